The van der Waals surface area contributed by atoms with Crippen LogP contribution in [0, 0.1) is 24.0 Å². The lowest BCUT2D eigenvalue weighted by Crippen LogP contribution is -2.54. The minimum absolute atomic E-state index is 0.0929. The van der Waals surface area contributed by atoms with Crippen LogP contribution < -0.4 is 10.2 Å². The van der Waals surface area contributed by atoms with E-state index in [9.17, 15) is 24.5 Å². The van der Waals surface area contributed by atoms with Crippen molar-refractivity contribution in [3.8, 4) is 0 Å². The number of benzene rings is 2. The van der Waals surface area contributed by atoms with E-state index in [4.69, 9.17) is 0 Å². The number of aryl methyl sites for hydroxylation is 2. The van der Waals surface area contributed by atoms with Crippen molar-refractivity contribution < 1.29 is 19.3 Å². The quantitative estimate of drug-likeness (QED) is 0.389. The number of para-hydroxylation sites is 1. The Hall–Kier alpha value is -3.81. The summed E-state index contributed by atoms with van der Waals surface area (Å²) in [5.41, 5.74) is 1.64. The van der Waals surface area contributed by atoms with Gasteiger partial charge in [0.1, 0.15) is 5.57 Å². The number of anilines is 1. The first-order chi connectivity index (χ1) is 12.8. The minimum atomic E-state index is -0.900. The fourth-order valence-electron chi connectivity index (χ4n) is 2.69. The summed E-state index contributed by atoms with van der Waals surface area (Å²) in [7, 11) is 0. The molecule has 1 aliphatic heterocycles. The first kappa shape index (κ1) is 18.0. The third-order valence-electron chi connectivity index (χ3n) is 4.28. The molecule has 0 saturated carbocycles. The van der Waals surface area contributed by atoms with Gasteiger partial charge in [0, 0.05) is 6.07 Å². The largest absolute Gasteiger partial charge is 0.335 e. The average Bonchev–Trinajstić information content (AvgIpc) is 2.61. The molecule has 8 heteroatoms. The van der Waals surface area contributed by atoms with Crippen molar-refractivity contribution in [2.24, 2.45) is 0 Å². The molecule has 27 heavy (non-hydrogen) atoms. The second kappa shape index (κ2) is 6.83. The molecule has 1 fully saturated rings. The van der Waals surface area contributed by atoms with Crippen molar-refractivity contribution in [3.63, 3.8) is 0 Å². The van der Waals surface area contributed by atoms with E-state index in [0.29, 0.717) is 5.69 Å². The van der Waals surface area contributed by atoms with E-state index < -0.39 is 22.8 Å². The Kier molecular flexibility index (Phi) is 4.55. The maximum absolute atomic E-state index is 12.8. The summed E-state index contributed by atoms with van der Waals surface area (Å²) in [6.45, 7) is 3.72. The van der Waals surface area contributed by atoms with Gasteiger partial charge in [-0.1, -0.05) is 18.2 Å². The molecule has 2 aromatic rings. The average molecular weight is 365 g/mol. The van der Waals surface area contributed by atoms with Gasteiger partial charge in [0.25, 0.3) is 17.5 Å². The fraction of sp³-hybridized carbons (Fsp3) is 0.105. The molecule has 136 valence electrons. The van der Waals surface area contributed by atoms with Crippen LogP contribution in [-0.2, 0) is 9.59 Å². The van der Waals surface area contributed by atoms with Gasteiger partial charge in [-0.25, -0.2) is 9.69 Å². The molecule has 1 saturated heterocycles. The van der Waals surface area contributed by atoms with Gasteiger partial charge in [0.15, 0.2) is 0 Å². The highest BCUT2D eigenvalue weighted by molar-refractivity contribution is 6.39. The number of rotatable bonds is 3. The molecule has 2 aromatic carbocycles. The number of imide groups is 2. The predicted molar refractivity (Wildman–Crippen MR) is 98.0 cm³/mol. The van der Waals surface area contributed by atoms with Gasteiger partial charge < -0.3 is 0 Å². The molecule has 0 radical (unpaired) electrons. The molecule has 4 amide bonds. The molecule has 0 spiro atoms. The summed E-state index contributed by atoms with van der Waals surface area (Å²) in [6, 6.07) is 9.86. The van der Waals surface area contributed by atoms with Crippen LogP contribution in [0.3, 0.4) is 0 Å². The Labute approximate surface area is 154 Å². The maximum Gasteiger partial charge on any atom is 0.335 e. The highest BCUT2D eigenvalue weighted by atomic mass is 16.6. The van der Waals surface area contributed by atoms with Crippen LogP contribution in [0.4, 0.5) is 16.2 Å². The zero-order chi connectivity index (χ0) is 19.7. The van der Waals surface area contributed by atoms with Crippen molar-refractivity contribution in [1.29, 1.82) is 0 Å². The van der Waals surface area contributed by atoms with E-state index in [1.807, 2.05) is 13.8 Å². The molecule has 0 aromatic heterocycles. The lowest BCUT2D eigenvalue weighted by molar-refractivity contribution is -0.385. The number of nitrogens with one attached hydrogen (secondary N) is 1. The maximum atomic E-state index is 12.8. The lowest BCUT2D eigenvalue weighted by Gasteiger charge is -2.26. The van der Waals surface area contributed by atoms with Gasteiger partial charge in [0.05, 0.1) is 16.2 Å². The van der Waals surface area contributed by atoms with Crippen LogP contribution >= 0.6 is 0 Å². The summed E-state index contributed by atoms with van der Waals surface area (Å²) in [6.07, 6.45) is 1.12. The van der Waals surface area contributed by atoms with Gasteiger partial charge in [-0.2, -0.15) is 0 Å². The molecule has 1 aliphatic rings. The van der Waals surface area contributed by atoms with Crippen molar-refractivity contribution in [1.82, 2.24) is 5.32 Å². The summed E-state index contributed by atoms with van der Waals surface area (Å²) in [5, 5.41) is 13.3. The Balaban J connectivity index is 2.08. The van der Waals surface area contributed by atoms with E-state index >= 15 is 0 Å². The smallest absolute Gasteiger partial charge is 0.273 e. The number of carbonyl (C=O) groups excluding carboxylic acids is 3. The van der Waals surface area contributed by atoms with Crippen molar-refractivity contribution in [2.75, 3.05) is 4.90 Å². The number of nitrogens with zero attached hydrogens (tertiary/aromatic N) is 2. The monoisotopic (exact) mass is 365 g/mol. The molecule has 0 atom stereocenters. The fourth-order valence-corrected chi connectivity index (χ4v) is 2.69. The number of hydrogen-bond acceptors (Lipinski definition) is 5. The number of nitro benzene ring substituents is 1. The highest BCUT2D eigenvalue weighted by Crippen LogP contribution is 2.26. The van der Waals surface area contributed by atoms with Crippen LogP contribution in [0.2, 0.25) is 0 Å². The zero-order valence-corrected chi connectivity index (χ0v) is 14.6. The van der Waals surface area contributed by atoms with Crippen LogP contribution in [-0.4, -0.2) is 22.8 Å². The topological polar surface area (TPSA) is 110 Å². The van der Waals surface area contributed by atoms with Crippen molar-refractivity contribution >= 4 is 35.3 Å². The minimum Gasteiger partial charge on any atom is -0.273 e. The third kappa shape index (κ3) is 3.32. The number of amides is 4. The van der Waals surface area contributed by atoms with Gasteiger partial charge >= 0.3 is 6.03 Å². The number of hydrogen-bond donors (Lipinski definition) is 1. The van der Waals surface area contributed by atoms with Gasteiger partial charge in [-0.15, -0.1) is 0 Å². The molecular formula is C19H15N3O5. The number of nitro groups is 1. The normalized spacial score (nSPS) is 15.9. The molecule has 8 nitrogen and oxygen atoms in total. The number of carbonyl (C=O) groups is 3. The molecule has 0 unspecified atom stereocenters. The van der Waals surface area contributed by atoms with E-state index in [1.54, 1.807) is 24.3 Å². The molecule has 0 bridgehead atoms. The van der Waals surface area contributed by atoms with E-state index in [0.717, 1.165) is 22.1 Å². The Morgan fingerprint density at radius 1 is 1.04 bits per heavy atom. The van der Waals surface area contributed by atoms with E-state index in [1.165, 1.54) is 18.2 Å². The second-order valence-electron chi connectivity index (χ2n) is 6.04. The zero-order valence-electron chi connectivity index (χ0n) is 14.6. The Bertz CT molecular complexity index is 1030. The van der Waals surface area contributed by atoms with E-state index in [-0.39, 0.29) is 16.8 Å². The van der Waals surface area contributed by atoms with Crippen LogP contribution in [0.25, 0.3) is 6.08 Å². The van der Waals surface area contributed by atoms with Crippen LogP contribution in [0.1, 0.15) is 16.7 Å². The van der Waals surface area contributed by atoms with Gasteiger partial charge in [-0.05, 0) is 49.2 Å². The standard InChI is InChI=1S/C19H15N3O5/c1-11-7-8-14(9-12(11)2)21-18(24)15(17(23)20-19(21)25)10-13-5-3-4-6-16(13)22(26)27/h3-10H,1-2H3,(H,20,23,25)/b15-10+. The van der Waals surface area contributed by atoms with Gasteiger partial charge in [0.2, 0.25) is 0 Å². The van der Waals surface area contributed by atoms with Crippen molar-refractivity contribution in [2.45, 2.75) is 13.8 Å². The van der Waals surface area contributed by atoms with Crippen LogP contribution in [0.15, 0.2) is 48.0 Å². The lowest BCUT2D eigenvalue weighted by atomic mass is 10.0. The molecule has 1 N–H and O–H groups in total. The van der Waals surface area contributed by atoms with Crippen molar-refractivity contribution in [3.05, 3.63) is 74.8 Å². The number of urea groups is 1. The second-order valence-corrected chi connectivity index (χ2v) is 6.04. The Morgan fingerprint density at radius 3 is 2.41 bits per heavy atom. The summed E-state index contributed by atoms with van der Waals surface area (Å²) in [4.78, 5) is 48.6. The molecule has 3 rings (SSSR count). The molecule has 1 heterocycles. The summed E-state index contributed by atoms with van der Waals surface area (Å²) >= 11 is 0. The molecular weight excluding hydrogens is 350 g/mol. The summed E-state index contributed by atoms with van der Waals surface area (Å²) < 4.78 is 0. The Morgan fingerprint density at radius 2 is 1.74 bits per heavy atom. The summed E-state index contributed by atoms with van der Waals surface area (Å²) in [5.74, 6) is -1.74. The highest BCUT2D eigenvalue weighted by Gasteiger charge is 2.37. The van der Waals surface area contributed by atoms with Gasteiger partial charge in [-0.3, -0.25) is 25.0 Å². The van der Waals surface area contributed by atoms with E-state index in [2.05, 4.69) is 5.32 Å². The first-order valence-corrected chi connectivity index (χ1v) is 8.01. The molecule has 0 aliphatic carbocycles. The number of barbiturate groups is 1. The first-order valence-electron chi connectivity index (χ1n) is 8.01. The third-order valence-corrected chi connectivity index (χ3v) is 4.28. The van der Waals surface area contributed by atoms with Crippen LogP contribution in [0.5, 0.6) is 0 Å². The SMILES string of the molecule is Cc1ccc(N2C(=O)NC(=O)/C(=C\c3ccccc3[N+](=O)[O-])C2=O)cc1C. The predicted octanol–water partition coefficient (Wildman–Crippen LogP) is 2.88.